The van der Waals surface area contributed by atoms with Gasteiger partial charge in [-0.25, -0.2) is 13.1 Å². The summed E-state index contributed by atoms with van der Waals surface area (Å²) in [5.41, 5.74) is 2.48. The SMILES string of the molecule is CCNC(=NCCNS(=O)(=O)CC)NC(C)c1cccc(N2CCCC2)c1. The monoisotopic (exact) mass is 395 g/mol. The predicted octanol–water partition coefficient (Wildman–Crippen LogP) is 1.84. The van der Waals surface area contributed by atoms with Crippen LogP contribution in [0.5, 0.6) is 0 Å². The van der Waals surface area contributed by atoms with Crippen molar-refractivity contribution in [3.63, 3.8) is 0 Å². The Morgan fingerprint density at radius 3 is 2.67 bits per heavy atom. The summed E-state index contributed by atoms with van der Waals surface area (Å²) >= 11 is 0. The van der Waals surface area contributed by atoms with Crippen molar-refractivity contribution < 1.29 is 8.42 Å². The number of nitrogens with zero attached hydrogens (tertiary/aromatic N) is 2. The number of rotatable bonds is 9. The van der Waals surface area contributed by atoms with Gasteiger partial charge in [0.1, 0.15) is 0 Å². The van der Waals surface area contributed by atoms with Gasteiger partial charge >= 0.3 is 0 Å². The second kappa shape index (κ2) is 10.5. The van der Waals surface area contributed by atoms with Crippen LogP contribution in [0.2, 0.25) is 0 Å². The van der Waals surface area contributed by atoms with Crippen molar-refractivity contribution >= 4 is 21.7 Å². The van der Waals surface area contributed by atoms with Gasteiger partial charge in [-0.1, -0.05) is 12.1 Å². The molecule has 3 N–H and O–H groups in total. The molecule has 1 fully saturated rings. The van der Waals surface area contributed by atoms with E-state index in [1.165, 1.54) is 24.1 Å². The third-order valence-corrected chi connectivity index (χ3v) is 6.03. The first-order valence-corrected chi connectivity index (χ1v) is 11.5. The Morgan fingerprint density at radius 2 is 2.00 bits per heavy atom. The van der Waals surface area contributed by atoms with Crippen LogP contribution in [-0.2, 0) is 10.0 Å². The molecule has 0 radical (unpaired) electrons. The summed E-state index contributed by atoms with van der Waals surface area (Å²) < 4.78 is 25.5. The van der Waals surface area contributed by atoms with Gasteiger partial charge in [0, 0.05) is 31.9 Å². The van der Waals surface area contributed by atoms with Crippen molar-refractivity contribution in [1.82, 2.24) is 15.4 Å². The third kappa shape index (κ3) is 7.03. The van der Waals surface area contributed by atoms with Gasteiger partial charge in [0.25, 0.3) is 0 Å². The van der Waals surface area contributed by atoms with Gasteiger partial charge in [0.2, 0.25) is 10.0 Å². The highest BCUT2D eigenvalue weighted by atomic mass is 32.2. The fourth-order valence-electron chi connectivity index (χ4n) is 3.05. The molecule has 1 unspecified atom stereocenters. The standard InChI is InChI=1S/C19H33N5O2S/c1-4-20-19(21-11-12-22-27(25,26)5-2)23-16(3)17-9-8-10-18(15-17)24-13-6-7-14-24/h8-10,15-16,22H,4-7,11-14H2,1-3H3,(H2,20,21,23). The second-order valence-electron chi connectivity index (χ2n) is 6.71. The molecule has 0 saturated carbocycles. The van der Waals surface area contributed by atoms with Crippen molar-refractivity contribution in [3.8, 4) is 0 Å². The van der Waals surface area contributed by atoms with Crippen LogP contribution in [-0.4, -0.2) is 52.9 Å². The lowest BCUT2D eigenvalue weighted by atomic mass is 10.1. The summed E-state index contributed by atoms with van der Waals surface area (Å²) in [5, 5.41) is 6.62. The van der Waals surface area contributed by atoms with Gasteiger partial charge in [-0.15, -0.1) is 0 Å². The van der Waals surface area contributed by atoms with E-state index in [-0.39, 0.29) is 11.8 Å². The molecule has 7 nitrogen and oxygen atoms in total. The number of guanidine groups is 1. The van der Waals surface area contributed by atoms with Crippen LogP contribution >= 0.6 is 0 Å². The van der Waals surface area contributed by atoms with Gasteiger partial charge in [-0.2, -0.15) is 0 Å². The molecule has 1 aromatic carbocycles. The first kappa shape index (κ1) is 21.5. The number of hydrogen-bond donors (Lipinski definition) is 3. The molecule has 1 aliphatic rings. The zero-order valence-electron chi connectivity index (χ0n) is 16.7. The first-order valence-electron chi connectivity index (χ1n) is 9.82. The zero-order valence-corrected chi connectivity index (χ0v) is 17.5. The fraction of sp³-hybridized carbons (Fsp3) is 0.632. The van der Waals surface area contributed by atoms with E-state index in [4.69, 9.17) is 0 Å². The maximum atomic E-state index is 11.5. The van der Waals surface area contributed by atoms with E-state index in [1.807, 2.05) is 6.92 Å². The number of aliphatic imine (C=N–C) groups is 1. The van der Waals surface area contributed by atoms with Gasteiger partial charge in [-0.05, 0) is 51.3 Å². The lowest BCUT2D eigenvalue weighted by Gasteiger charge is -2.22. The average Bonchev–Trinajstić information content (AvgIpc) is 3.20. The van der Waals surface area contributed by atoms with Crippen molar-refractivity contribution in [1.29, 1.82) is 0 Å². The van der Waals surface area contributed by atoms with Crippen LogP contribution in [0.3, 0.4) is 0 Å². The Bertz CT molecular complexity index is 715. The molecule has 1 atom stereocenters. The van der Waals surface area contributed by atoms with Crippen LogP contribution in [0, 0.1) is 0 Å². The van der Waals surface area contributed by atoms with Crippen molar-refractivity contribution in [3.05, 3.63) is 29.8 Å². The summed E-state index contributed by atoms with van der Waals surface area (Å²) in [4.78, 5) is 6.90. The molecule has 0 aromatic heterocycles. The quantitative estimate of drug-likeness (QED) is 0.337. The van der Waals surface area contributed by atoms with E-state index >= 15 is 0 Å². The Morgan fingerprint density at radius 1 is 1.26 bits per heavy atom. The summed E-state index contributed by atoms with van der Waals surface area (Å²) in [6.45, 7) is 9.42. The zero-order chi connectivity index (χ0) is 19.7. The highest BCUT2D eigenvalue weighted by molar-refractivity contribution is 7.89. The summed E-state index contributed by atoms with van der Waals surface area (Å²) in [5.74, 6) is 0.770. The Kier molecular flexibility index (Phi) is 8.37. The summed E-state index contributed by atoms with van der Waals surface area (Å²) in [6, 6.07) is 8.72. The minimum atomic E-state index is -3.17. The number of sulfonamides is 1. The van der Waals surface area contributed by atoms with Gasteiger partial charge in [-0.3, -0.25) is 4.99 Å². The van der Waals surface area contributed by atoms with E-state index in [1.54, 1.807) is 6.92 Å². The fourth-order valence-corrected chi connectivity index (χ4v) is 3.65. The number of benzene rings is 1. The maximum Gasteiger partial charge on any atom is 0.211 e. The molecule has 0 bridgehead atoms. The number of hydrogen-bond acceptors (Lipinski definition) is 4. The van der Waals surface area contributed by atoms with E-state index in [0.717, 1.165) is 19.6 Å². The molecule has 1 aliphatic heterocycles. The van der Waals surface area contributed by atoms with Crippen molar-refractivity contribution in [2.24, 2.45) is 4.99 Å². The smallest absolute Gasteiger partial charge is 0.211 e. The van der Waals surface area contributed by atoms with Crippen molar-refractivity contribution in [2.75, 3.05) is 43.4 Å². The molecule has 1 heterocycles. The second-order valence-corrected chi connectivity index (χ2v) is 8.81. The minimum absolute atomic E-state index is 0.0828. The molecular formula is C19H33N5O2S. The predicted molar refractivity (Wildman–Crippen MR) is 113 cm³/mol. The summed E-state index contributed by atoms with van der Waals surface area (Å²) in [6.07, 6.45) is 2.52. The van der Waals surface area contributed by atoms with Gasteiger partial charge in [0.15, 0.2) is 5.96 Å². The van der Waals surface area contributed by atoms with Crippen LogP contribution in [0.1, 0.15) is 45.2 Å². The molecular weight excluding hydrogens is 362 g/mol. The van der Waals surface area contributed by atoms with E-state index in [2.05, 4.69) is 56.4 Å². The van der Waals surface area contributed by atoms with E-state index < -0.39 is 10.0 Å². The molecule has 1 aromatic rings. The van der Waals surface area contributed by atoms with E-state index in [0.29, 0.717) is 19.0 Å². The van der Waals surface area contributed by atoms with Crippen LogP contribution in [0.15, 0.2) is 29.3 Å². The normalized spacial score (nSPS) is 16.4. The highest BCUT2D eigenvalue weighted by Crippen LogP contribution is 2.23. The largest absolute Gasteiger partial charge is 0.372 e. The average molecular weight is 396 g/mol. The van der Waals surface area contributed by atoms with Gasteiger partial charge < -0.3 is 15.5 Å². The number of nitrogens with one attached hydrogen (secondary N) is 3. The van der Waals surface area contributed by atoms with Gasteiger partial charge in [0.05, 0.1) is 18.3 Å². The molecule has 0 aliphatic carbocycles. The lowest BCUT2D eigenvalue weighted by molar-refractivity contribution is 0.583. The minimum Gasteiger partial charge on any atom is -0.372 e. The molecule has 8 heteroatoms. The van der Waals surface area contributed by atoms with Crippen LogP contribution < -0.4 is 20.3 Å². The Balaban J connectivity index is 1.96. The Hall–Kier alpha value is -1.80. The highest BCUT2D eigenvalue weighted by Gasteiger charge is 2.14. The van der Waals surface area contributed by atoms with E-state index in [9.17, 15) is 8.42 Å². The Labute approximate surface area is 163 Å². The topological polar surface area (TPSA) is 85.8 Å². The maximum absolute atomic E-state index is 11.5. The van der Waals surface area contributed by atoms with Crippen LogP contribution in [0.25, 0.3) is 0 Å². The molecule has 1 saturated heterocycles. The first-order chi connectivity index (χ1) is 12.9. The molecule has 0 spiro atoms. The molecule has 27 heavy (non-hydrogen) atoms. The molecule has 0 amide bonds. The molecule has 152 valence electrons. The number of anilines is 1. The third-order valence-electron chi connectivity index (χ3n) is 4.62. The van der Waals surface area contributed by atoms with Crippen LogP contribution in [0.4, 0.5) is 5.69 Å². The lowest BCUT2D eigenvalue weighted by Crippen LogP contribution is -2.39. The molecule has 2 rings (SSSR count). The summed E-state index contributed by atoms with van der Waals surface area (Å²) in [7, 11) is -3.17. The van der Waals surface area contributed by atoms with Crippen molar-refractivity contribution in [2.45, 2.75) is 39.7 Å².